The van der Waals surface area contributed by atoms with Crippen LogP contribution in [0.4, 0.5) is 5.95 Å². The first-order valence-corrected chi connectivity index (χ1v) is 4.71. The van der Waals surface area contributed by atoms with Crippen molar-refractivity contribution in [3.8, 4) is 0 Å². The van der Waals surface area contributed by atoms with Crippen molar-refractivity contribution in [3.05, 3.63) is 12.7 Å². The molecule has 0 radical (unpaired) electrons. The van der Waals surface area contributed by atoms with Crippen molar-refractivity contribution >= 4 is 11.9 Å². The van der Waals surface area contributed by atoms with Crippen LogP contribution in [0.15, 0.2) is 12.7 Å². The van der Waals surface area contributed by atoms with Gasteiger partial charge in [-0.15, -0.1) is 0 Å². The summed E-state index contributed by atoms with van der Waals surface area (Å²) in [5.41, 5.74) is 0. The molecule has 0 aliphatic rings. The molecule has 2 N–H and O–H groups in total. The summed E-state index contributed by atoms with van der Waals surface area (Å²) in [7, 11) is 0. The van der Waals surface area contributed by atoms with Gasteiger partial charge >= 0.3 is 5.97 Å². The third-order valence-corrected chi connectivity index (χ3v) is 1.80. The smallest absolute Gasteiger partial charge is 0.326 e. The summed E-state index contributed by atoms with van der Waals surface area (Å²) < 4.78 is 0. The van der Waals surface area contributed by atoms with E-state index in [2.05, 4.69) is 20.3 Å². The molecule has 1 unspecified atom stereocenters. The van der Waals surface area contributed by atoms with Crippen molar-refractivity contribution in [2.75, 3.05) is 5.32 Å². The Morgan fingerprint density at radius 2 is 2.07 bits per heavy atom. The number of carbonyl (C=O) groups is 1. The number of rotatable bonds is 5. The molecular weight excluding hydrogens is 196 g/mol. The number of hydrogen-bond acceptors (Lipinski definition) is 5. The first-order chi connectivity index (χ1) is 7.09. The van der Waals surface area contributed by atoms with E-state index in [1.807, 2.05) is 13.8 Å². The van der Waals surface area contributed by atoms with Crippen molar-refractivity contribution in [1.82, 2.24) is 15.0 Å². The monoisotopic (exact) mass is 210 g/mol. The van der Waals surface area contributed by atoms with Crippen LogP contribution in [-0.4, -0.2) is 32.1 Å². The molecular formula is C9H14N4O2. The fourth-order valence-electron chi connectivity index (χ4n) is 1.16. The van der Waals surface area contributed by atoms with Crippen molar-refractivity contribution in [2.24, 2.45) is 5.92 Å². The Kier molecular flexibility index (Phi) is 3.96. The number of nitrogens with zero attached hydrogens (tertiary/aromatic N) is 3. The minimum atomic E-state index is -0.899. The van der Waals surface area contributed by atoms with Crippen molar-refractivity contribution in [1.29, 1.82) is 0 Å². The van der Waals surface area contributed by atoms with Crippen LogP contribution in [0.3, 0.4) is 0 Å². The zero-order valence-corrected chi connectivity index (χ0v) is 8.71. The Morgan fingerprint density at radius 1 is 1.47 bits per heavy atom. The van der Waals surface area contributed by atoms with Gasteiger partial charge in [-0.05, 0) is 12.3 Å². The van der Waals surface area contributed by atoms with Gasteiger partial charge < -0.3 is 10.4 Å². The summed E-state index contributed by atoms with van der Waals surface area (Å²) in [6.07, 6.45) is 3.17. The van der Waals surface area contributed by atoms with E-state index in [9.17, 15) is 4.79 Å². The van der Waals surface area contributed by atoms with Gasteiger partial charge in [-0.2, -0.15) is 0 Å². The average Bonchev–Trinajstić information content (AvgIpc) is 2.17. The maximum Gasteiger partial charge on any atom is 0.326 e. The number of carboxylic acids is 1. The molecule has 1 atom stereocenters. The van der Waals surface area contributed by atoms with Gasteiger partial charge in [-0.3, -0.25) is 0 Å². The molecule has 1 aromatic heterocycles. The van der Waals surface area contributed by atoms with E-state index in [0.29, 0.717) is 12.3 Å². The summed E-state index contributed by atoms with van der Waals surface area (Å²) in [5, 5.41) is 11.7. The maximum absolute atomic E-state index is 10.9. The van der Waals surface area contributed by atoms with Crippen LogP contribution in [0.2, 0.25) is 0 Å². The molecule has 1 aromatic rings. The second kappa shape index (κ2) is 5.23. The summed E-state index contributed by atoms with van der Waals surface area (Å²) in [5.74, 6) is -0.317. The Hall–Kier alpha value is -1.72. The van der Waals surface area contributed by atoms with Gasteiger partial charge in [0.1, 0.15) is 18.7 Å². The van der Waals surface area contributed by atoms with Gasteiger partial charge in [0, 0.05) is 0 Å². The van der Waals surface area contributed by atoms with Gasteiger partial charge in [-0.25, -0.2) is 19.7 Å². The average molecular weight is 210 g/mol. The highest BCUT2D eigenvalue weighted by molar-refractivity contribution is 5.76. The zero-order chi connectivity index (χ0) is 11.3. The number of carboxylic acid groups (broad SMARTS) is 1. The normalized spacial score (nSPS) is 12.5. The predicted octanol–water partition coefficient (Wildman–Crippen LogP) is 0.783. The topological polar surface area (TPSA) is 88.0 Å². The maximum atomic E-state index is 10.9. The first kappa shape index (κ1) is 11.4. The molecule has 6 heteroatoms. The Balaban J connectivity index is 2.63. The molecule has 0 saturated heterocycles. The third kappa shape index (κ3) is 3.88. The van der Waals surface area contributed by atoms with Crippen LogP contribution >= 0.6 is 0 Å². The predicted molar refractivity (Wildman–Crippen MR) is 54.3 cm³/mol. The van der Waals surface area contributed by atoms with E-state index in [4.69, 9.17) is 5.11 Å². The molecule has 6 nitrogen and oxygen atoms in total. The molecule has 15 heavy (non-hydrogen) atoms. The Labute approximate surface area is 87.8 Å². The summed E-state index contributed by atoms with van der Waals surface area (Å²) in [4.78, 5) is 22.2. The SMILES string of the molecule is CC(C)CC(Nc1ncncn1)C(=O)O. The highest BCUT2D eigenvalue weighted by Crippen LogP contribution is 2.08. The van der Waals surface area contributed by atoms with E-state index in [1.165, 1.54) is 12.7 Å². The van der Waals surface area contributed by atoms with Crippen molar-refractivity contribution < 1.29 is 9.90 Å². The first-order valence-electron chi connectivity index (χ1n) is 4.71. The van der Waals surface area contributed by atoms with Crippen LogP contribution in [0.25, 0.3) is 0 Å². The lowest BCUT2D eigenvalue weighted by Gasteiger charge is -2.15. The molecule has 0 aromatic carbocycles. The summed E-state index contributed by atoms with van der Waals surface area (Å²) in [6.45, 7) is 3.93. The van der Waals surface area contributed by atoms with Crippen LogP contribution < -0.4 is 5.32 Å². The lowest BCUT2D eigenvalue weighted by molar-refractivity contribution is -0.138. The number of hydrogen-bond donors (Lipinski definition) is 2. The summed E-state index contributed by atoms with van der Waals surface area (Å²) in [6, 6.07) is -0.660. The zero-order valence-electron chi connectivity index (χ0n) is 8.71. The van der Waals surface area contributed by atoms with Gasteiger partial charge in [0.05, 0.1) is 0 Å². The Morgan fingerprint density at radius 3 is 2.53 bits per heavy atom. The fourth-order valence-corrected chi connectivity index (χ4v) is 1.16. The largest absolute Gasteiger partial charge is 0.480 e. The molecule has 1 rings (SSSR count). The quantitative estimate of drug-likeness (QED) is 0.746. The lowest BCUT2D eigenvalue weighted by Crippen LogP contribution is -2.31. The minimum absolute atomic E-state index is 0.290. The second-order valence-electron chi connectivity index (χ2n) is 3.63. The number of anilines is 1. The molecule has 0 saturated carbocycles. The molecule has 0 spiro atoms. The number of aromatic nitrogens is 3. The van der Waals surface area contributed by atoms with E-state index >= 15 is 0 Å². The fraction of sp³-hybridized carbons (Fsp3) is 0.556. The van der Waals surface area contributed by atoms with Crippen molar-refractivity contribution in [2.45, 2.75) is 26.3 Å². The van der Waals surface area contributed by atoms with Crippen LogP contribution in [0, 0.1) is 5.92 Å². The van der Waals surface area contributed by atoms with E-state index in [1.54, 1.807) is 0 Å². The van der Waals surface area contributed by atoms with E-state index in [-0.39, 0.29) is 5.95 Å². The molecule has 0 amide bonds. The third-order valence-electron chi connectivity index (χ3n) is 1.80. The molecule has 0 bridgehead atoms. The number of aliphatic carboxylic acids is 1. The minimum Gasteiger partial charge on any atom is -0.480 e. The van der Waals surface area contributed by atoms with Gasteiger partial charge in [-0.1, -0.05) is 13.8 Å². The van der Waals surface area contributed by atoms with Gasteiger partial charge in [0.15, 0.2) is 0 Å². The standard InChI is InChI=1S/C9H14N4O2/c1-6(2)3-7(8(14)15)13-9-11-4-10-5-12-9/h4-7H,3H2,1-2H3,(H,14,15)(H,10,11,12,13). The Bertz CT molecular complexity index is 315. The second-order valence-corrected chi connectivity index (χ2v) is 3.63. The molecule has 82 valence electrons. The van der Waals surface area contributed by atoms with E-state index < -0.39 is 12.0 Å². The highest BCUT2D eigenvalue weighted by Gasteiger charge is 2.19. The highest BCUT2D eigenvalue weighted by atomic mass is 16.4. The van der Waals surface area contributed by atoms with E-state index in [0.717, 1.165) is 0 Å². The van der Waals surface area contributed by atoms with Crippen molar-refractivity contribution in [3.63, 3.8) is 0 Å². The molecule has 0 aliphatic carbocycles. The lowest BCUT2D eigenvalue weighted by atomic mass is 10.0. The molecule has 0 aliphatic heterocycles. The molecule has 1 heterocycles. The molecule has 0 fully saturated rings. The van der Waals surface area contributed by atoms with Crippen LogP contribution in [0.1, 0.15) is 20.3 Å². The number of nitrogens with one attached hydrogen (secondary N) is 1. The van der Waals surface area contributed by atoms with Gasteiger partial charge in [0.2, 0.25) is 5.95 Å². The summed E-state index contributed by atoms with van der Waals surface area (Å²) >= 11 is 0. The van der Waals surface area contributed by atoms with Crippen LogP contribution in [-0.2, 0) is 4.79 Å². The van der Waals surface area contributed by atoms with Crippen LogP contribution in [0.5, 0.6) is 0 Å². The van der Waals surface area contributed by atoms with Gasteiger partial charge in [0.25, 0.3) is 0 Å².